The summed E-state index contributed by atoms with van der Waals surface area (Å²) in [6.45, 7) is 1.89. The molecule has 2 heterocycles. The van der Waals surface area contributed by atoms with Crippen LogP contribution in [0.15, 0.2) is 51.8 Å². The second-order valence-electron chi connectivity index (χ2n) is 5.86. The molecule has 0 atom stereocenters. The highest BCUT2D eigenvalue weighted by atomic mass is 35.5. The summed E-state index contributed by atoms with van der Waals surface area (Å²) < 4.78 is 5.01. The van der Waals surface area contributed by atoms with Crippen LogP contribution in [-0.2, 0) is 0 Å². The number of H-pyrrole nitrogens is 1. The van der Waals surface area contributed by atoms with Gasteiger partial charge in [-0.05, 0) is 43.3 Å². The van der Waals surface area contributed by atoms with Gasteiger partial charge in [0.05, 0.1) is 5.52 Å². The lowest BCUT2D eigenvalue weighted by Gasteiger charge is -2.11. The molecular formula is C18H13Cl2N5O2. The summed E-state index contributed by atoms with van der Waals surface area (Å²) in [5.41, 5.74) is 3.37. The van der Waals surface area contributed by atoms with Gasteiger partial charge in [-0.2, -0.15) is 4.98 Å². The largest absolute Gasteiger partial charge is 0.417 e. The zero-order valence-electron chi connectivity index (χ0n) is 14.0. The van der Waals surface area contributed by atoms with Crippen molar-refractivity contribution in [2.45, 2.75) is 6.92 Å². The molecule has 0 radical (unpaired) electrons. The second kappa shape index (κ2) is 6.94. The van der Waals surface area contributed by atoms with Crippen molar-refractivity contribution in [3.05, 3.63) is 68.8 Å². The number of halogens is 2. The second-order valence-corrected chi connectivity index (χ2v) is 6.73. The van der Waals surface area contributed by atoms with Gasteiger partial charge >= 0.3 is 5.76 Å². The predicted molar refractivity (Wildman–Crippen MR) is 107 cm³/mol. The standard InChI is InChI=1S/C18H13Cl2N5O2/c1-9-8-21-17(23-13-5-10(19)4-11(20)6-13)25-16(9)22-12-2-3-15-14(7-12)24-18(26)27-15/h2-8H,1H3,(H,24,26)(H2,21,22,23,25). The van der Waals surface area contributed by atoms with E-state index in [0.29, 0.717) is 38.6 Å². The normalized spacial score (nSPS) is 10.9. The lowest BCUT2D eigenvalue weighted by molar-refractivity contribution is 0.555. The first-order valence-corrected chi connectivity index (χ1v) is 8.68. The SMILES string of the molecule is Cc1cnc(Nc2cc(Cl)cc(Cl)c2)nc1Nc1ccc2oc(=O)[nH]c2c1. The molecule has 0 amide bonds. The Bertz CT molecular complexity index is 1180. The number of oxazole rings is 1. The third-order valence-corrected chi connectivity index (χ3v) is 4.21. The van der Waals surface area contributed by atoms with Crippen molar-refractivity contribution >= 4 is 57.4 Å². The van der Waals surface area contributed by atoms with Crippen LogP contribution in [0.2, 0.25) is 10.0 Å². The summed E-state index contributed by atoms with van der Waals surface area (Å²) in [5.74, 6) is 0.511. The summed E-state index contributed by atoms with van der Waals surface area (Å²) >= 11 is 12.0. The maximum Gasteiger partial charge on any atom is 0.417 e. The van der Waals surface area contributed by atoms with E-state index < -0.39 is 5.76 Å². The quantitative estimate of drug-likeness (QED) is 0.444. The predicted octanol–water partition coefficient (Wildman–Crippen LogP) is 5.01. The number of rotatable bonds is 4. The van der Waals surface area contributed by atoms with Gasteiger partial charge in [-0.25, -0.2) is 9.78 Å². The first kappa shape index (κ1) is 17.4. The minimum absolute atomic E-state index is 0.388. The van der Waals surface area contributed by atoms with Gasteiger partial charge in [0.15, 0.2) is 5.58 Å². The molecule has 0 aliphatic heterocycles. The molecule has 0 unspecified atom stereocenters. The molecule has 0 aliphatic carbocycles. The first-order chi connectivity index (χ1) is 13.0. The third-order valence-electron chi connectivity index (χ3n) is 3.77. The number of fused-ring (bicyclic) bond motifs is 1. The van der Waals surface area contributed by atoms with Crippen molar-refractivity contribution in [1.82, 2.24) is 15.0 Å². The zero-order valence-corrected chi connectivity index (χ0v) is 15.5. The molecule has 4 aromatic rings. The minimum atomic E-state index is -0.493. The Labute approximate surface area is 163 Å². The van der Waals surface area contributed by atoms with Crippen LogP contribution in [0, 0.1) is 6.92 Å². The van der Waals surface area contributed by atoms with Gasteiger partial charge in [0, 0.05) is 33.2 Å². The molecule has 3 N–H and O–H groups in total. The highest BCUT2D eigenvalue weighted by Gasteiger charge is 2.08. The lowest BCUT2D eigenvalue weighted by Crippen LogP contribution is -2.03. The molecule has 7 nitrogen and oxygen atoms in total. The van der Waals surface area contributed by atoms with Gasteiger partial charge in [-0.3, -0.25) is 4.98 Å². The maximum atomic E-state index is 11.3. The molecule has 0 fully saturated rings. The summed E-state index contributed by atoms with van der Waals surface area (Å²) in [6.07, 6.45) is 1.70. The van der Waals surface area contributed by atoms with Crippen LogP contribution in [0.3, 0.4) is 0 Å². The maximum absolute atomic E-state index is 11.3. The Morgan fingerprint density at radius 3 is 2.59 bits per heavy atom. The minimum Gasteiger partial charge on any atom is -0.408 e. The van der Waals surface area contributed by atoms with E-state index in [2.05, 4.69) is 25.6 Å². The van der Waals surface area contributed by atoms with Crippen molar-refractivity contribution in [3.63, 3.8) is 0 Å². The summed E-state index contributed by atoms with van der Waals surface area (Å²) in [5, 5.41) is 7.32. The van der Waals surface area contributed by atoms with E-state index in [1.54, 1.807) is 42.6 Å². The Kier molecular flexibility index (Phi) is 4.47. The van der Waals surface area contributed by atoms with Crippen LogP contribution in [0.1, 0.15) is 5.56 Å². The number of hydrogen-bond acceptors (Lipinski definition) is 6. The fourth-order valence-corrected chi connectivity index (χ4v) is 3.08. The van der Waals surface area contributed by atoms with E-state index in [-0.39, 0.29) is 0 Å². The van der Waals surface area contributed by atoms with Gasteiger partial charge in [-0.1, -0.05) is 23.2 Å². The smallest absolute Gasteiger partial charge is 0.408 e. The number of aromatic nitrogens is 3. The molecule has 0 bridgehead atoms. The number of aromatic amines is 1. The Morgan fingerprint density at radius 2 is 1.81 bits per heavy atom. The summed E-state index contributed by atoms with van der Waals surface area (Å²) in [7, 11) is 0. The van der Waals surface area contributed by atoms with E-state index in [9.17, 15) is 4.79 Å². The average Bonchev–Trinajstić information content (AvgIpc) is 2.96. The third kappa shape index (κ3) is 3.89. The van der Waals surface area contributed by atoms with Crippen LogP contribution >= 0.6 is 23.2 Å². The molecule has 136 valence electrons. The molecule has 0 aliphatic rings. The summed E-state index contributed by atoms with van der Waals surface area (Å²) in [6, 6.07) is 10.4. The number of anilines is 4. The van der Waals surface area contributed by atoms with Gasteiger partial charge < -0.3 is 15.1 Å². The summed E-state index contributed by atoms with van der Waals surface area (Å²) in [4.78, 5) is 22.7. The van der Waals surface area contributed by atoms with E-state index in [4.69, 9.17) is 27.6 Å². The van der Waals surface area contributed by atoms with Crippen molar-refractivity contribution in [3.8, 4) is 0 Å². The topological polar surface area (TPSA) is 95.8 Å². The van der Waals surface area contributed by atoms with Crippen molar-refractivity contribution in [1.29, 1.82) is 0 Å². The average molecular weight is 402 g/mol. The molecule has 2 aromatic heterocycles. The molecule has 0 saturated heterocycles. The molecule has 9 heteroatoms. The van der Waals surface area contributed by atoms with Crippen LogP contribution in [0.5, 0.6) is 0 Å². The lowest BCUT2D eigenvalue weighted by atomic mass is 10.2. The number of nitrogens with one attached hydrogen (secondary N) is 3. The van der Waals surface area contributed by atoms with Crippen LogP contribution in [0.4, 0.5) is 23.1 Å². The number of benzene rings is 2. The van der Waals surface area contributed by atoms with Crippen molar-refractivity contribution in [2.24, 2.45) is 0 Å². The van der Waals surface area contributed by atoms with Crippen LogP contribution in [-0.4, -0.2) is 15.0 Å². The van der Waals surface area contributed by atoms with Crippen molar-refractivity contribution in [2.75, 3.05) is 10.6 Å². The molecular weight excluding hydrogens is 389 g/mol. The van der Waals surface area contributed by atoms with Crippen molar-refractivity contribution < 1.29 is 4.42 Å². The van der Waals surface area contributed by atoms with Crippen LogP contribution < -0.4 is 16.4 Å². The molecule has 4 rings (SSSR count). The van der Waals surface area contributed by atoms with E-state index >= 15 is 0 Å². The Balaban J connectivity index is 1.62. The Morgan fingerprint density at radius 1 is 1.04 bits per heavy atom. The van der Waals surface area contributed by atoms with Gasteiger partial charge in [0.25, 0.3) is 0 Å². The number of nitrogens with zero attached hydrogens (tertiary/aromatic N) is 2. The number of hydrogen-bond donors (Lipinski definition) is 3. The molecule has 0 spiro atoms. The highest BCUT2D eigenvalue weighted by molar-refractivity contribution is 6.35. The molecule has 27 heavy (non-hydrogen) atoms. The zero-order chi connectivity index (χ0) is 19.0. The monoisotopic (exact) mass is 401 g/mol. The van der Waals surface area contributed by atoms with Gasteiger partial charge in [0.2, 0.25) is 5.95 Å². The fourth-order valence-electron chi connectivity index (χ4n) is 2.55. The van der Waals surface area contributed by atoms with E-state index in [1.807, 2.05) is 6.92 Å². The molecule has 2 aromatic carbocycles. The van der Waals surface area contributed by atoms with E-state index in [0.717, 1.165) is 11.3 Å². The molecule has 0 saturated carbocycles. The highest BCUT2D eigenvalue weighted by Crippen LogP contribution is 2.26. The van der Waals surface area contributed by atoms with Gasteiger partial charge in [0.1, 0.15) is 5.82 Å². The van der Waals surface area contributed by atoms with Crippen LogP contribution in [0.25, 0.3) is 11.1 Å². The number of aryl methyl sites for hydroxylation is 1. The first-order valence-electron chi connectivity index (χ1n) is 7.93. The van der Waals surface area contributed by atoms with Gasteiger partial charge in [-0.15, -0.1) is 0 Å². The van der Waals surface area contributed by atoms with E-state index in [1.165, 1.54) is 0 Å². The Hall–Kier alpha value is -3.03. The fraction of sp³-hybridized carbons (Fsp3) is 0.0556.